The van der Waals surface area contributed by atoms with E-state index in [-0.39, 0.29) is 17.9 Å². The molecule has 0 aliphatic rings. The van der Waals surface area contributed by atoms with E-state index in [1.54, 1.807) is 0 Å². The number of unbranched alkanes of at least 4 members (excludes halogenated alkanes) is 1. The minimum absolute atomic E-state index is 0.0633. The number of nitrogens with one attached hydrogen (secondary N) is 1. The lowest BCUT2D eigenvalue weighted by atomic mass is 10.0. The molecule has 12 heavy (non-hydrogen) atoms. The number of rotatable bonds is 5. The van der Waals surface area contributed by atoms with E-state index in [1.807, 2.05) is 13.8 Å². The van der Waals surface area contributed by atoms with Crippen molar-refractivity contribution in [3.8, 4) is 0 Å². The quantitative estimate of drug-likeness (QED) is 0.605. The molecule has 0 fully saturated rings. The highest BCUT2D eigenvalue weighted by atomic mass is 16.1. The predicted molar refractivity (Wildman–Crippen MR) is 50.7 cm³/mol. The summed E-state index contributed by atoms with van der Waals surface area (Å²) < 4.78 is 0. The summed E-state index contributed by atoms with van der Waals surface area (Å²) in [5, 5.41) is 2.85. The molecule has 0 aromatic rings. The van der Waals surface area contributed by atoms with Gasteiger partial charge in [-0.15, -0.1) is 0 Å². The first-order chi connectivity index (χ1) is 5.59. The van der Waals surface area contributed by atoms with Crippen molar-refractivity contribution in [3.05, 3.63) is 0 Å². The Morgan fingerprint density at radius 2 is 2.08 bits per heavy atom. The summed E-state index contributed by atoms with van der Waals surface area (Å²) in [6, 6.07) is -0.0633. The summed E-state index contributed by atoms with van der Waals surface area (Å²) in [6.45, 7) is 6.57. The highest BCUT2D eigenvalue weighted by Gasteiger charge is 2.15. The van der Waals surface area contributed by atoms with Crippen molar-refractivity contribution in [2.24, 2.45) is 11.7 Å². The molecule has 0 rings (SSSR count). The van der Waals surface area contributed by atoms with Gasteiger partial charge in [-0.05, 0) is 13.3 Å². The van der Waals surface area contributed by atoms with E-state index in [4.69, 9.17) is 5.73 Å². The highest BCUT2D eigenvalue weighted by molar-refractivity contribution is 5.78. The van der Waals surface area contributed by atoms with Crippen molar-refractivity contribution in [2.75, 3.05) is 6.54 Å². The second-order valence-corrected chi connectivity index (χ2v) is 3.29. The molecule has 2 unspecified atom stereocenters. The summed E-state index contributed by atoms with van der Waals surface area (Å²) in [5.41, 5.74) is 5.58. The Labute approximate surface area is 74.7 Å². The van der Waals surface area contributed by atoms with E-state index in [0.717, 1.165) is 19.4 Å². The monoisotopic (exact) mass is 172 g/mol. The largest absolute Gasteiger partial charge is 0.356 e. The van der Waals surface area contributed by atoms with Crippen LogP contribution >= 0.6 is 0 Å². The molecule has 0 radical (unpaired) electrons. The number of amides is 1. The minimum Gasteiger partial charge on any atom is -0.356 e. The van der Waals surface area contributed by atoms with Crippen LogP contribution in [0.2, 0.25) is 0 Å². The standard InChI is InChI=1S/C9H20N2O/c1-4-5-6-11-9(12)7(2)8(3)10/h7-8H,4-6,10H2,1-3H3,(H,11,12). The van der Waals surface area contributed by atoms with Gasteiger partial charge in [0.2, 0.25) is 5.91 Å². The van der Waals surface area contributed by atoms with Crippen molar-refractivity contribution in [2.45, 2.75) is 39.7 Å². The van der Waals surface area contributed by atoms with Crippen LogP contribution in [0.3, 0.4) is 0 Å². The van der Waals surface area contributed by atoms with Crippen molar-refractivity contribution < 1.29 is 4.79 Å². The molecule has 3 nitrogen and oxygen atoms in total. The fourth-order valence-corrected chi connectivity index (χ4v) is 0.788. The molecule has 1 amide bonds. The predicted octanol–water partition coefficient (Wildman–Crippen LogP) is 0.886. The zero-order chi connectivity index (χ0) is 9.56. The molecule has 3 heteroatoms. The normalized spacial score (nSPS) is 15.3. The second kappa shape index (κ2) is 6.00. The topological polar surface area (TPSA) is 55.1 Å². The van der Waals surface area contributed by atoms with Crippen molar-refractivity contribution in [1.29, 1.82) is 0 Å². The van der Waals surface area contributed by atoms with Gasteiger partial charge in [0.15, 0.2) is 0 Å². The van der Waals surface area contributed by atoms with Gasteiger partial charge in [-0.3, -0.25) is 4.79 Å². The van der Waals surface area contributed by atoms with Crippen LogP contribution in [0.5, 0.6) is 0 Å². The fourth-order valence-electron chi connectivity index (χ4n) is 0.788. The van der Waals surface area contributed by atoms with Crippen LogP contribution in [-0.2, 0) is 4.79 Å². The van der Waals surface area contributed by atoms with Gasteiger partial charge in [0.25, 0.3) is 0 Å². The SMILES string of the molecule is CCCCNC(=O)C(C)C(C)N. The summed E-state index contributed by atoms with van der Waals surface area (Å²) in [4.78, 5) is 11.3. The third kappa shape index (κ3) is 4.34. The molecular weight excluding hydrogens is 152 g/mol. The molecule has 0 aliphatic carbocycles. The van der Waals surface area contributed by atoms with E-state index >= 15 is 0 Å². The number of hydrogen-bond acceptors (Lipinski definition) is 2. The van der Waals surface area contributed by atoms with Crippen molar-refractivity contribution in [1.82, 2.24) is 5.32 Å². The number of nitrogens with two attached hydrogens (primary N) is 1. The second-order valence-electron chi connectivity index (χ2n) is 3.29. The van der Waals surface area contributed by atoms with Crippen LogP contribution in [0.1, 0.15) is 33.6 Å². The van der Waals surface area contributed by atoms with Crippen LogP contribution in [-0.4, -0.2) is 18.5 Å². The third-order valence-corrected chi connectivity index (χ3v) is 2.03. The lowest BCUT2D eigenvalue weighted by Crippen LogP contribution is -2.38. The lowest BCUT2D eigenvalue weighted by Gasteiger charge is -2.14. The van der Waals surface area contributed by atoms with E-state index in [1.165, 1.54) is 0 Å². The minimum atomic E-state index is -0.0816. The van der Waals surface area contributed by atoms with Gasteiger partial charge in [0, 0.05) is 18.5 Å². The van der Waals surface area contributed by atoms with E-state index < -0.39 is 0 Å². The fraction of sp³-hybridized carbons (Fsp3) is 0.889. The Morgan fingerprint density at radius 1 is 1.50 bits per heavy atom. The first kappa shape index (κ1) is 11.4. The Balaban J connectivity index is 3.57. The Hall–Kier alpha value is -0.570. The van der Waals surface area contributed by atoms with Gasteiger partial charge in [0.1, 0.15) is 0 Å². The van der Waals surface area contributed by atoms with Gasteiger partial charge in [0.05, 0.1) is 0 Å². The maximum absolute atomic E-state index is 11.3. The van der Waals surface area contributed by atoms with Gasteiger partial charge in [-0.1, -0.05) is 20.3 Å². The third-order valence-electron chi connectivity index (χ3n) is 2.03. The summed E-state index contributed by atoms with van der Waals surface area (Å²) in [5.74, 6) is -0.0136. The molecule has 0 saturated carbocycles. The van der Waals surface area contributed by atoms with Gasteiger partial charge in [-0.2, -0.15) is 0 Å². The molecule has 0 bridgehead atoms. The highest BCUT2D eigenvalue weighted by Crippen LogP contribution is 1.99. The molecule has 2 atom stereocenters. The molecule has 0 aliphatic heterocycles. The van der Waals surface area contributed by atoms with E-state index in [2.05, 4.69) is 12.2 Å². The van der Waals surface area contributed by atoms with Crippen LogP contribution in [0.15, 0.2) is 0 Å². The van der Waals surface area contributed by atoms with Crippen LogP contribution in [0, 0.1) is 5.92 Å². The van der Waals surface area contributed by atoms with Gasteiger partial charge >= 0.3 is 0 Å². The Kier molecular flexibility index (Phi) is 5.72. The van der Waals surface area contributed by atoms with E-state index in [0.29, 0.717) is 0 Å². The van der Waals surface area contributed by atoms with Crippen LogP contribution in [0.25, 0.3) is 0 Å². The van der Waals surface area contributed by atoms with Crippen LogP contribution in [0.4, 0.5) is 0 Å². The number of hydrogen-bond donors (Lipinski definition) is 2. The van der Waals surface area contributed by atoms with Crippen molar-refractivity contribution >= 4 is 5.91 Å². The van der Waals surface area contributed by atoms with E-state index in [9.17, 15) is 4.79 Å². The molecule has 0 saturated heterocycles. The van der Waals surface area contributed by atoms with Crippen molar-refractivity contribution in [3.63, 3.8) is 0 Å². The number of carbonyl (C=O) groups is 1. The summed E-state index contributed by atoms with van der Waals surface area (Å²) in [7, 11) is 0. The zero-order valence-electron chi connectivity index (χ0n) is 8.26. The van der Waals surface area contributed by atoms with Crippen LogP contribution < -0.4 is 11.1 Å². The summed E-state index contributed by atoms with van der Waals surface area (Å²) in [6.07, 6.45) is 2.14. The molecule has 72 valence electrons. The first-order valence-corrected chi connectivity index (χ1v) is 4.62. The average Bonchev–Trinajstić information content (AvgIpc) is 2.03. The maximum Gasteiger partial charge on any atom is 0.224 e. The molecule has 0 aromatic heterocycles. The lowest BCUT2D eigenvalue weighted by molar-refractivity contribution is -0.124. The van der Waals surface area contributed by atoms with Gasteiger partial charge < -0.3 is 11.1 Å². The molecule has 0 spiro atoms. The molecule has 0 aromatic carbocycles. The smallest absolute Gasteiger partial charge is 0.224 e. The van der Waals surface area contributed by atoms with Gasteiger partial charge in [-0.25, -0.2) is 0 Å². The molecule has 0 heterocycles. The zero-order valence-corrected chi connectivity index (χ0v) is 8.26. The Bertz CT molecular complexity index is 134. The molecular formula is C9H20N2O. The number of carbonyl (C=O) groups excluding carboxylic acids is 1. The summed E-state index contributed by atoms with van der Waals surface area (Å²) >= 11 is 0. The maximum atomic E-state index is 11.3. The first-order valence-electron chi connectivity index (χ1n) is 4.62. The average molecular weight is 172 g/mol. The Morgan fingerprint density at radius 3 is 2.50 bits per heavy atom. The molecule has 3 N–H and O–H groups in total.